The zero-order chi connectivity index (χ0) is 23.5. The zero-order valence-corrected chi connectivity index (χ0v) is 19.6. The highest BCUT2D eigenvalue weighted by Gasteiger charge is 2.39. The number of rotatable bonds is 7. The molecule has 1 heterocycles. The van der Waals surface area contributed by atoms with Crippen LogP contribution >= 0.6 is 0 Å². The molecule has 1 aliphatic carbocycles. The number of aromatic nitrogens is 1. The largest absolute Gasteiger partial charge is 0.451 e. The van der Waals surface area contributed by atoms with Crippen LogP contribution in [0.5, 0.6) is 0 Å². The van der Waals surface area contributed by atoms with Crippen molar-refractivity contribution in [3.05, 3.63) is 72.8 Å². The molecule has 174 valence electrons. The van der Waals surface area contributed by atoms with Gasteiger partial charge in [0.2, 0.25) is 15.9 Å². The number of carbonyl (C=O) groups excluding carboxylic acids is 1. The molecule has 1 aromatic heterocycles. The maximum atomic E-state index is 13.0. The van der Waals surface area contributed by atoms with Gasteiger partial charge in [-0.05, 0) is 50.3 Å². The smallest absolute Gasteiger partial charge is 0.240 e. The van der Waals surface area contributed by atoms with Crippen LogP contribution in [-0.4, -0.2) is 25.4 Å². The van der Waals surface area contributed by atoms with Crippen molar-refractivity contribution >= 4 is 15.9 Å². The number of nitrogens with one attached hydrogen (secondary N) is 2. The molecule has 1 amide bonds. The van der Waals surface area contributed by atoms with Crippen molar-refractivity contribution in [2.75, 3.05) is 0 Å². The third-order valence-electron chi connectivity index (χ3n) is 6.50. The number of carbonyl (C=O) groups is 1. The van der Waals surface area contributed by atoms with E-state index in [1.54, 1.807) is 24.3 Å². The Morgan fingerprint density at radius 1 is 1.09 bits per heavy atom. The summed E-state index contributed by atoms with van der Waals surface area (Å²) in [4.78, 5) is 17.3. The van der Waals surface area contributed by atoms with Crippen molar-refractivity contribution in [3.8, 4) is 11.3 Å². The molecule has 0 saturated heterocycles. The van der Waals surface area contributed by atoms with E-state index >= 15 is 0 Å². The summed E-state index contributed by atoms with van der Waals surface area (Å²) in [5.74, 6) is 0.0172. The van der Waals surface area contributed by atoms with Crippen molar-refractivity contribution in [2.45, 2.75) is 56.5 Å². The molecule has 1 atom stereocenters. The lowest BCUT2D eigenvalue weighted by atomic mass is 9.73. The topological polar surface area (TPSA) is 101 Å². The first-order chi connectivity index (χ1) is 15.8. The molecular weight excluding hydrogens is 438 g/mol. The van der Waals surface area contributed by atoms with Crippen LogP contribution in [-0.2, 0) is 14.8 Å². The van der Waals surface area contributed by atoms with E-state index in [4.69, 9.17) is 4.42 Å². The second-order valence-electron chi connectivity index (χ2n) is 8.96. The molecule has 2 aromatic carbocycles. The fourth-order valence-electron chi connectivity index (χ4n) is 4.24. The van der Waals surface area contributed by atoms with Gasteiger partial charge in [0.05, 0.1) is 10.9 Å². The molecule has 3 aromatic rings. The molecule has 0 radical (unpaired) electrons. The molecule has 1 saturated carbocycles. The fraction of sp³-hybridized carbons (Fsp3) is 0.360. The van der Waals surface area contributed by atoms with Crippen LogP contribution in [0, 0.1) is 5.41 Å². The van der Waals surface area contributed by atoms with Gasteiger partial charge in [-0.25, -0.2) is 18.1 Å². The molecule has 33 heavy (non-hydrogen) atoms. The number of nitrogens with zero attached hydrogens (tertiary/aromatic N) is 1. The average Bonchev–Trinajstić information content (AvgIpc) is 3.36. The molecule has 4 rings (SSSR count). The predicted molar refractivity (Wildman–Crippen MR) is 126 cm³/mol. The van der Waals surface area contributed by atoms with Gasteiger partial charge in [0.15, 0.2) is 6.39 Å². The summed E-state index contributed by atoms with van der Waals surface area (Å²) in [6, 6.07) is 16.1. The summed E-state index contributed by atoms with van der Waals surface area (Å²) in [5.41, 5.74) is 1.99. The molecule has 0 spiro atoms. The summed E-state index contributed by atoms with van der Waals surface area (Å²) in [6.45, 7) is 3.94. The SMILES string of the molecule is C[C@@H](NC(=O)C1(C)CCC(NS(=O)(=O)c2ccc(-c3cocn3)cc2)CC1)c1ccccc1. The van der Waals surface area contributed by atoms with E-state index in [0.717, 1.165) is 11.1 Å². The predicted octanol–water partition coefficient (Wildman–Crippen LogP) is 4.45. The number of hydrogen-bond acceptors (Lipinski definition) is 5. The Labute approximate surface area is 194 Å². The first-order valence-corrected chi connectivity index (χ1v) is 12.6. The van der Waals surface area contributed by atoms with Gasteiger partial charge < -0.3 is 9.73 Å². The van der Waals surface area contributed by atoms with Crippen molar-refractivity contribution in [1.82, 2.24) is 15.0 Å². The number of amides is 1. The van der Waals surface area contributed by atoms with Crippen LogP contribution in [0.1, 0.15) is 51.1 Å². The summed E-state index contributed by atoms with van der Waals surface area (Å²) >= 11 is 0. The average molecular weight is 468 g/mol. The highest BCUT2D eigenvalue weighted by molar-refractivity contribution is 7.89. The van der Waals surface area contributed by atoms with E-state index in [1.165, 1.54) is 12.7 Å². The molecule has 1 fully saturated rings. The molecule has 0 unspecified atom stereocenters. The molecule has 1 aliphatic rings. The molecule has 7 nitrogen and oxygen atoms in total. The number of hydrogen-bond donors (Lipinski definition) is 2. The summed E-state index contributed by atoms with van der Waals surface area (Å²) in [5, 5.41) is 3.12. The Morgan fingerprint density at radius 3 is 2.36 bits per heavy atom. The zero-order valence-electron chi connectivity index (χ0n) is 18.8. The van der Waals surface area contributed by atoms with Gasteiger partial charge in [-0.1, -0.05) is 49.4 Å². The second kappa shape index (κ2) is 9.49. The van der Waals surface area contributed by atoms with E-state index < -0.39 is 15.4 Å². The molecule has 8 heteroatoms. The quantitative estimate of drug-likeness (QED) is 0.535. The monoisotopic (exact) mass is 467 g/mol. The Bertz CT molecular complexity index is 1170. The maximum absolute atomic E-state index is 13.0. The Hall–Kier alpha value is -2.97. The van der Waals surface area contributed by atoms with Gasteiger partial charge in [-0.3, -0.25) is 4.79 Å². The van der Waals surface area contributed by atoms with Gasteiger partial charge in [0, 0.05) is 17.0 Å². The second-order valence-corrected chi connectivity index (χ2v) is 10.7. The highest BCUT2D eigenvalue weighted by Crippen LogP contribution is 2.37. The maximum Gasteiger partial charge on any atom is 0.240 e. The number of benzene rings is 2. The number of sulfonamides is 1. The first kappa shape index (κ1) is 23.2. The summed E-state index contributed by atoms with van der Waals surface area (Å²) in [7, 11) is -3.65. The Balaban J connectivity index is 1.34. The van der Waals surface area contributed by atoms with Crippen LogP contribution in [0.25, 0.3) is 11.3 Å². The van der Waals surface area contributed by atoms with Crippen molar-refractivity contribution in [1.29, 1.82) is 0 Å². The van der Waals surface area contributed by atoms with Crippen LogP contribution in [0.3, 0.4) is 0 Å². The lowest BCUT2D eigenvalue weighted by Gasteiger charge is -2.37. The van der Waals surface area contributed by atoms with Crippen molar-refractivity contribution in [3.63, 3.8) is 0 Å². The van der Waals surface area contributed by atoms with Gasteiger partial charge in [0.25, 0.3) is 0 Å². The van der Waals surface area contributed by atoms with E-state index in [2.05, 4.69) is 15.0 Å². The summed E-state index contributed by atoms with van der Waals surface area (Å²) < 4.78 is 33.5. The molecule has 0 bridgehead atoms. The van der Waals surface area contributed by atoms with E-state index in [1.807, 2.05) is 44.2 Å². The minimum atomic E-state index is -3.65. The summed E-state index contributed by atoms with van der Waals surface area (Å²) in [6.07, 6.45) is 5.32. The van der Waals surface area contributed by atoms with Gasteiger partial charge in [0.1, 0.15) is 12.0 Å². The Morgan fingerprint density at radius 2 is 1.76 bits per heavy atom. The molecular formula is C25H29N3O4S. The number of oxazole rings is 1. The fourth-order valence-corrected chi connectivity index (χ4v) is 5.55. The van der Waals surface area contributed by atoms with Crippen LogP contribution < -0.4 is 10.0 Å². The van der Waals surface area contributed by atoms with E-state index in [9.17, 15) is 13.2 Å². The molecule has 0 aliphatic heterocycles. The van der Waals surface area contributed by atoms with Gasteiger partial charge in [-0.15, -0.1) is 0 Å². The molecule has 2 N–H and O–H groups in total. The normalized spacial score (nSPS) is 21.9. The third-order valence-corrected chi connectivity index (χ3v) is 8.04. The van der Waals surface area contributed by atoms with Crippen LogP contribution in [0.2, 0.25) is 0 Å². The minimum absolute atomic E-state index is 0.0172. The lowest BCUT2D eigenvalue weighted by Crippen LogP contribution is -2.46. The lowest BCUT2D eigenvalue weighted by molar-refractivity contribution is -0.132. The third kappa shape index (κ3) is 5.34. The van der Waals surface area contributed by atoms with Crippen molar-refractivity contribution in [2.24, 2.45) is 5.41 Å². The van der Waals surface area contributed by atoms with Gasteiger partial charge in [-0.2, -0.15) is 0 Å². The van der Waals surface area contributed by atoms with Crippen LogP contribution in [0.15, 0.2) is 76.6 Å². The highest BCUT2D eigenvalue weighted by atomic mass is 32.2. The van der Waals surface area contributed by atoms with Gasteiger partial charge >= 0.3 is 0 Å². The van der Waals surface area contributed by atoms with E-state index in [0.29, 0.717) is 31.4 Å². The first-order valence-electron chi connectivity index (χ1n) is 11.1. The van der Waals surface area contributed by atoms with Crippen molar-refractivity contribution < 1.29 is 17.6 Å². The standard InChI is InChI=1S/C25H29N3O4S/c1-18(19-6-4-3-5-7-19)27-24(29)25(2)14-12-21(13-15-25)28-33(30,31)22-10-8-20(9-11-22)23-16-32-17-26-23/h3-11,16-18,21,28H,12-15H2,1-2H3,(H,27,29)/t18-,21?,25?/m1/s1. The van der Waals surface area contributed by atoms with Crippen LogP contribution in [0.4, 0.5) is 0 Å². The van der Waals surface area contributed by atoms with E-state index in [-0.39, 0.29) is 22.9 Å². The Kier molecular flexibility index (Phi) is 6.67. The minimum Gasteiger partial charge on any atom is -0.451 e.